The largest absolute Gasteiger partial charge is 0.493 e. The summed E-state index contributed by atoms with van der Waals surface area (Å²) >= 11 is 12.1. The lowest BCUT2D eigenvalue weighted by molar-refractivity contribution is 0.402. The molecule has 2 rings (SSSR count). The van der Waals surface area contributed by atoms with Crippen molar-refractivity contribution in [2.24, 2.45) is 7.05 Å². The highest BCUT2D eigenvalue weighted by Gasteiger charge is 2.21. The fourth-order valence-corrected chi connectivity index (χ4v) is 2.66. The van der Waals surface area contributed by atoms with Gasteiger partial charge in [0.05, 0.1) is 19.3 Å². The second-order valence-corrected chi connectivity index (χ2v) is 5.02. The minimum Gasteiger partial charge on any atom is -0.493 e. The first-order valence-electron chi connectivity index (χ1n) is 5.76. The molecule has 19 heavy (non-hydrogen) atoms. The monoisotopic (exact) mass is 299 g/mol. The Kier molecular flexibility index (Phi) is 4.34. The molecule has 2 aromatic rings. The summed E-state index contributed by atoms with van der Waals surface area (Å²) in [5, 5.41) is 8.65. The molecule has 0 saturated heterocycles. The zero-order chi connectivity index (χ0) is 14.0. The number of benzene rings is 1. The van der Waals surface area contributed by atoms with Gasteiger partial charge in [0.15, 0.2) is 5.75 Å². The molecule has 1 unspecified atom stereocenters. The van der Waals surface area contributed by atoms with Gasteiger partial charge in [-0.1, -0.05) is 23.2 Å². The fraction of sp³-hybridized carbons (Fsp3) is 0.308. The van der Waals surface area contributed by atoms with Gasteiger partial charge in [0.2, 0.25) is 0 Å². The predicted molar refractivity (Wildman–Crippen MR) is 77.1 cm³/mol. The molecule has 0 spiro atoms. The van der Waals surface area contributed by atoms with E-state index in [0.29, 0.717) is 10.0 Å². The third-order valence-electron chi connectivity index (χ3n) is 2.95. The Bertz CT molecular complexity index is 563. The first kappa shape index (κ1) is 14.2. The van der Waals surface area contributed by atoms with Crippen molar-refractivity contribution in [1.29, 1.82) is 0 Å². The van der Waals surface area contributed by atoms with Crippen LogP contribution in [0.1, 0.15) is 17.3 Å². The highest BCUT2D eigenvalue weighted by atomic mass is 35.5. The van der Waals surface area contributed by atoms with E-state index < -0.39 is 0 Å². The van der Waals surface area contributed by atoms with E-state index >= 15 is 0 Å². The Hall–Kier alpha value is -1.23. The minimum absolute atomic E-state index is 0.0985. The molecule has 0 amide bonds. The quantitative estimate of drug-likeness (QED) is 0.943. The van der Waals surface area contributed by atoms with Crippen LogP contribution in [0.4, 0.5) is 0 Å². The molecular formula is C13H15Cl2N3O. The summed E-state index contributed by atoms with van der Waals surface area (Å²) < 4.78 is 7.11. The zero-order valence-corrected chi connectivity index (χ0v) is 12.5. The van der Waals surface area contributed by atoms with E-state index in [2.05, 4.69) is 10.4 Å². The van der Waals surface area contributed by atoms with Crippen molar-refractivity contribution < 1.29 is 4.74 Å². The summed E-state index contributed by atoms with van der Waals surface area (Å²) in [5.74, 6) is 0.720. The van der Waals surface area contributed by atoms with Gasteiger partial charge in [-0.05, 0) is 30.8 Å². The maximum Gasteiger partial charge on any atom is 0.161 e. The molecule has 0 aliphatic heterocycles. The molecule has 1 atom stereocenters. The first-order valence-corrected chi connectivity index (χ1v) is 6.51. The summed E-state index contributed by atoms with van der Waals surface area (Å²) in [7, 11) is 5.36. The van der Waals surface area contributed by atoms with E-state index in [9.17, 15) is 0 Å². The average molecular weight is 300 g/mol. The third-order valence-corrected chi connectivity index (χ3v) is 3.39. The summed E-state index contributed by atoms with van der Waals surface area (Å²) in [6, 6.07) is 5.36. The normalized spacial score (nSPS) is 12.5. The van der Waals surface area contributed by atoms with Gasteiger partial charge >= 0.3 is 0 Å². The summed E-state index contributed by atoms with van der Waals surface area (Å²) in [6.07, 6.45) is 1.69. The van der Waals surface area contributed by atoms with E-state index in [1.54, 1.807) is 24.1 Å². The van der Waals surface area contributed by atoms with Gasteiger partial charge in [-0.3, -0.25) is 4.68 Å². The number of rotatable bonds is 4. The molecule has 0 aliphatic carbocycles. The Balaban J connectivity index is 2.52. The standard InChI is InChI=1S/C13H15Cl2N3O/c1-16-12(8-4-9(14)6-10(15)5-8)13-11(19-3)7-17-18(13)2/h4-7,12,16H,1-3H3. The van der Waals surface area contributed by atoms with Crippen molar-refractivity contribution in [3.63, 3.8) is 0 Å². The lowest BCUT2D eigenvalue weighted by atomic mass is 10.0. The van der Waals surface area contributed by atoms with Crippen LogP contribution in [0.25, 0.3) is 0 Å². The van der Waals surface area contributed by atoms with Gasteiger partial charge in [0, 0.05) is 17.1 Å². The Morgan fingerprint density at radius 2 is 1.89 bits per heavy atom. The topological polar surface area (TPSA) is 39.1 Å². The summed E-state index contributed by atoms with van der Waals surface area (Å²) in [6.45, 7) is 0. The maximum absolute atomic E-state index is 6.06. The van der Waals surface area contributed by atoms with Crippen molar-refractivity contribution in [1.82, 2.24) is 15.1 Å². The Labute approximate surface area is 122 Å². The summed E-state index contributed by atoms with van der Waals surface area (Å²) in [4.78, 5) is 0. The Morgan fingerprint density at radius 3 is 2.42 bits per heavy atom. The molecule has 1 aromatic heterocycles. The second-order valence-electron chi connectivity index (χ2n) is 4.15. The van der Waals surface area contributed by atoms with Gasteiger partial charge in [-0.25, -0.2) is 0 Å². The molecular weight excluding hydrogens is 285 g/mol. The van der Waals surface area contributed by atoms with Crippen LogP contribution in [0.2, 0.25) is 10.0 Å². The van der Waals surface area contributed by atoms with Gasteiger partial charge in [-0.2, -0.15) is 5.10 Å². The van der Waals surface area contributed by atoms with Crippen LogP contribution in [-0.4, -0.2) is 23.9 Å². The number of aryl methyl sites for hydroxylation is 1. The van der Waals surface area contributed by atoms with Crippen molar-refractivity contribution in [2.75, 3.05) is 14.2 Å². The van der Waals surface area contributed by atoms with Crippen LogP contribution in [0.5, 0.6) is 5.75 Å². The number of ether oxygens (including phenoxy) is 1. The maximum atomic E-state index is 6.06. The van der Waals surface area contributed by atoms with Crippen LogP contribution in [0.3, 0.4) is 0 Å². The number of aromatic nitrogens is 2. The third kappa shape index (κ3) is 2.86. The SMILES string of the molecule is CNC(c1cc(Cl)cc(Cl)c1)c1c(OC)cnn1C. The Morgan fingerprint density at radius 1 is 1.26 bits per heavy atom. The highest BCUT2D eigenvalue weighted by Crippen LogP contribution is 2.32. The van der Waals surface area contributed by atoms with Crippen LogP contribution < -0.4 is 10.1 Å². The molecule has 0 saturated carbocycles. The molecule has 1 aromatic carbocycles. The molecule has 0 radical (unpaired) electrons. The van der Waals surface area contributed by atoms with Crippen LogP contribution >= 0.6 is 23.2 Å². The van der Waals surface area contributed by atoms with E-state index in [-0.39, 0.29) is 6.04 Å². The first-order chi connectivity index (χ1) is 9.06. The van der Waals surface area contributed by atoms with E-state index in [1.807, 2.05) is 26.2 Å². The van der Waals surface area contributed by atoms with Crippen molar-refractivity contribution in [3.8, 4) is 5.75 Å². The lowest BCUT2D eigenvalue weighted by Crippen LogP contribution is -2.21. The molecule has 0 bridgehead atoms. The number of nitrogens with one attached hydrogen (secondary N) is 1. The molecule has 102 valence electrons. The molecule has 1 heterocycles. The molecule has 6 heteroatoms. The lowest BCUT2D eigenvalue weighted by Gasteiger charge is -2.19. The van der Waals surface area contributed by atoms with Gasteiger partial charge < -0.3 is 10.1 Å². The smallest absolute Gasteiger partial charge is 0.161 e. The van der Waals surface area contributed by atoms with Gasteiger partial charge in [0.25, 0.3) is 0 Å². The molecule has 0 aliphatic rings. The van der Waals surface area contributed by atoms with E-state index in [4.69, 9.17) is 27.9 Å². The number of hydrogen-bond acceptors (Lipinski definition) is 3. The van der Waals surface area contributed by atoms with Crippen molar-refractivity contribution in [3.05, 3.63) is 45.7 Å². The van der Waals surface area contributed by atoms with Crippen molar-refractivity contribution in [2.45, 2.75) is 6.04 Å². The van der Waals surface area contributed by atoms with Crippen LogP contribution in [0.15, 0.2) is 24.4 Å². The molecule has 0 fully saturated rings. The number of nitrogens with zero attached hydrogens (tertiary/aromatic N) is 2. The van der Waals surface area contributed by atoms with Crippen molar-refractivity contribution >= 4 is 23.2 Å². The zero-order valence-electron chi connectivity index (χ0n) is 10.9. The van der Waals surface area contributed by atoms with Gasteiger partial charge in [0.1, 0.15) is 5.69 Å². The highest BCUT2D eigenvalue weighted by molar-refractivity contribution is 6.34. The van der Waals surface area contributed by atoms with E-state index in [1.165, 1.54) is 0 Å². The fourth-order valence-electron chi connectivity index (χ4n) is 2.12. The average Bonchev–Trinajstić information content (AvgIpc) is 2.71. The van der Waals surface area contributed by atoms with E-state index in [0.717, 1.165) is 17.0 Å². The molecule has 1 N–H and O–H groups in total. The second kappa shape index (κ2) is 5.82. The number of halogens is 2. The van der Waals surface area contributed by atoms with Crippen LogP contribution in [0, 0.1) is 0 Å². The predicted octanol–water partition coefficient (Wildman–Crippen LogP) is 3.04. The minimum atomic E-state index is -0.0985. The van der Waals surface area contributed by atoms with Gasteiger partial charge in [-0.15, -0.1) is 0 Å². The number of hydrogen-bond donors (Lipinski definition) is 1. The molecule has 4 nitrogen and oxygen atoms in total. The number of methoxy groups -OCH3 is 1. The summed E-state index contributed by atoms with van der Waals surface area (Å²) in [5.41, 5.74) is 1.88. The van der Waals surface area contributed by atoms with Crippen LogP contribution in [-0.2, 0) is 7.05 Å².